The molecule has 0 aliphatic heterocycles. The summed E-state index contributed by atoms with van der Waals surface area (Å²) in [6.45, 7) is 2.27. The zero-order valence-electron chi connectivity index (χ0n) is 18.4. The number of aliphatic hydroxyl groups is 1. The molecule has 1 aromatic carbocycles. The van der Waals surface area contributed by atoms with E-state index in [2.05, 4.69) is 16.0 Å². The first-order valence-electron chi connectivity index (χ1n) is 10.2. The number of amides is 3. The van der Waals surface area contributed by atoms with Crippen molar-refractivity contribution in [3.63, 3.8) is 0 Å². The van der Waals surface area contributed by atoms with Gasteiger partial charge in [-0.2, -0.15) is 0 Å². The molecule has 0 bridgehead atoms. The first-order valence-corrected chi connectivity index (χ1v) is 10.2. The lowest BCUT2D eigenvalue weighted by Crippen LogP contribution is -2.59. The van der Waals surface area contributed by atoms with Gasteiger partial charge in [-0.3, -0.25) is 19.2 Å². The average Bonchev–Trinajstić information content (AvgIpc) is 2.74. The molecule has 0 saturated heterocycles. The summed E-state index contributed by atoms with van der Waals surface area (Å²) in [5.74, 6) is -5.96. The Hall–Kier alpha value is -3.51. The van der Waals surface area contributed by atoms with E-state index in [0.717, 1.165) is 5.56 Å². The van der Waals surface area contributed by atoms with E-state index in [1.165, 1.54) is 0 Å². The summed E-state index contributed by atoms with van der Waals surface area (Å²) in [6.07, 6.45) is -0.612. The van der Waals surface area contributed by atoms with E-state index < -0.39 is 72.8 Å². The Morgan fingerprint density at radius 2 is 1.45 bits per heavy atom. The lowest BCUT2D eigenvalue weighted by molar-refractivity contribution is -0.144. The third kappa shape index (κ3) is 9.25. The Bertz CT molecular complexity index is 846. The molecular formula is C21H30N4O8. The van der Waals surface area contributed by atoms with Gasteiger partial charge in [0.05, 0.1) is 19.1 Å². The van der Waals surface area contributed by atoms with Gasteiger partial charge < -0.3 is 37.0 Å². The minimum Gasteiger partial charge on any atom is -0.481 e. The molecule has 0 saturated carbocycles. The molecule has 1 aromatic rings. The molecule has 0 heterocycles. The molecule has 12 heteroatoms. The van der Waals surface area contributed by atoms with Crippen LogP contribution in [0.2, 0.25) is 0 Å². The maximum absolute atomic E-state index is 12.7. The van der Waals surface area contributed by atoms with Gasteiger partial charge in [0.25, 0.3) is 0 Å². The highest BCUT2D eigenvalue weighted by atomic mass is 16.4. The molecule has 0 radical (unpaired) electrons. The highest BCUT2D eigenvalue weighted by Crippen LogP contribution is 2.06. The van der Waals surface area contributed by atoms with Crippen LogP contribution < -0.4 is 21.7 Å². The highest BCUT2D eigenvalue weighted by Gasteiger charge is 2.32. The number of benzene rings is 1. The van der Waals surface area contributed by atoms with E-state index in [9.17, 15) is 24.0 Å². The van der Waals surface area contributed by atoms with Crippen molar-refractivity contribution in [3.05, 3.63) is 35.9 Å². The molecule has 4 unspecified atom stereocenters. The first-order chi connectivity index (χ1) is 15.5. The summed E-state index contributed by atoms with van der Waals surface area (Å²) in [4.78, 5) is 59.9. The van der Waals surface area contributed by atoms with Crippen molar-refractivity contribution < 1.29 is 39.3 Å². The molecule has 3 amide bonds. The fourth-order valence-electron chi connectivity index (χ4n) is 2.86. The quantitative estimate of drug-likeness (QED) is 0.175. The second-order valence-electron chi connectivity index (χ2n) is 7.77. The number of nitrogens with two attached hydrogens (primary N) is 1. The normalized spacial score (nSPS) is 14.5. The number of carbonyl (C=O) groups excluding carboxylic acids is 3. The predicted molar refractivity (Wildman–Crippen MR) is 116 cm³/mol. The largest absolute Gasteiger partial charge is 0.481 e. The number of hydrogen-bond donors (Lipinski definition) is 7. The van der Waals surface area contributed by atoms with Crippen LogP contribution in [0.15, 0.2) is 30.3 Å². The lowest BCUT2D eigenvalue weighted by atomic mass is 10.0. The average molecular weight is 466 g/mol. The van der Waals surface area contributed by atoms with E-state index in [1.807, 2.05) is 0 Å². The molecule has 33 heavy (non-hydrogen) atoms. The van der Waals surface area contributed by atoms with Gasteiger partial charge >= 0.3 is 11.9 Å². The second kappa shape index (κ2) is 13.1. The zero-order valence-corrected chi connectivity index (χ0v) is 18.4. The fourth-order valence-corrected chi connectivity index (χ4v) is 2.86. The minimum atomic E-state index is -1.58. The van der Waals surface area contributed by atoms with Gasteiger partial charge in [0.2, 0.25) is 17.7 Å². The van der Waals surface area contributed by atoms with Crippen LogP contribution in [0.1, 0.15) is 25.8 Å². The number of aliphatic hydroxyl groups excluding tert-OH is 1. The van der Waals surface area contributed by atoms with Crippen LogP contribution in [0.25, 0.3) is 0 Å². The van der Waals surface area contributed by atoms with Gasteiger partial charge in [0.15, 0.2) is 0 Å². The number of rotatable bonds is 13. The molecular weight excluding hydrogens is 436 g/mol. The van der Waals surface area contributed by atoms with Crippen LogP contribution in [0.5, 0.6) is 0 Å². The molecule has 0 aliphatic rings. The molecule has 8 N–H and O–H groups in total. The Balaban J connectivity index is 2.90. The van der Waals surface area contributed by atoms with E-state index in [-0.39, 0.29) is 6.42 Å². The SMILES string of the molecule is CC(C)C(NC(=O)C(CC(=O)O)NC(=O)C(N)Cc1ccccc1)C(=O)NC(CO)C(=O)O. The number of carboxylic acid groups (broad SMARTS) is 2. The van der Waals surface area contributed by atoms with E-state index in [1.54, 1.807) is 44.2 Å². The van der Waals surface area contributed by atoms with Crippen molar-refractivity contribution in [2.75, 3.05) is 6.61 Å². The maximum Gasteiger partial charge on any atom is 0.328 e. The summed E-state index contributed by atoms with van der Waals surface area (Å²) in [6, 6.07) is 3.43. The van der Waals surface area contributed by atoms with Gasteiger partial charge in [0.1, 0.15) is 18.1 Å². The van der Waals surface area contributed by atoms with Crippen LogP contribution in [0, 0.1) is 5.92 Å². The van der Waals surface area contributed by atoms with Gasteiger partial charge in [-0.05, 0) is 17.9 Å². The summed E-state index contributed by atoms with van der Waals surface area (Å²) in [5, 5.41) is 33.9. The van der Waals surface area contributed by atoms with E-state index in [4.69, 9.17) is 21.1 Å². The molecule has 0 spiro atoms. The Labute approximate surface area is 190 Å². The lowest BCUT2D eigenvalue weighted by Gasteiger charge is -2.26. The standard InChI is InChI=1S/C21H30N4O8/c1-11(2)17(20(31)24-15(10-26)21(32)33)25-19(30)14(9-16(27)28)23-18(29)13(22)8-12-6-4-3-5-7-12/h3-7,11,13-15,17,26H,8-10,22H2,1-2H3,(H,23,29)(H,24,31)(H,25,30)(H,27,28)(H,32,33). The van der Waals surface area contributed by atoms with Crippen molar-refractivity contribution in [2.24, 2.45) is 11.7 Å². The number of aliphatic carboxylic acids is 2. The molecule has 0 fully saturated rings. The van der Waals surface area contributed by atoms with Gasteiger partial charge in [-0.15, -0.1) is 0 Å². The van der Waals surface area contributed by atoms with Gasteiger partial charge in [0, 0.05) is 0 Å². The Kier molecular flexibility index (Phi) is 11.0. The molecule has 4 atom stereocenters. The third-order valence-electron chi connectivity index (χ3n) is 4.69. The van der Waals surface area contributed by atoms with Crippen molar-refractivity contribution >= 4 is 29.7 Å². The predicted octanol–water partition coefficient (Wildman–Crippen LogP) is -1.78. The molecule has 12 nitrogen and oxygen atoms in total. The minimum absolute atomic E-state index is 0.156. The van der Waals surface area contributed by atoms with Crippen LogP contribution >= 0.6 is 0 Å². The monoisotopic (exact) mass is 466 g/mol. The topological polar surface area (TPSA) is 208 Å². The zero-order chi connectivity index (χ0) is 25.1. The highest BCUT2D eigenvalue weighted by molar-refractivity contribution is 5.95. The number of carboxylic acids is 2. The smallest absolute Gasteiger partial charge is 0.328 e. The van der Waals surface area contributed by atoms with E-state index >= 15 is 0 Å². The van der Waals surface area contributed by atoms with Gasteiger partial charge in [-0.1, -0.05) is 44.2 Å². The third-order valence-corrected chi connectivity index (χ3v) is 4.69. The van der Waals surface area contributed by atoms with Gasteiger partial charge in [-0.25, -0.2) is 4.79 Å². The molecule has 0 aromatic heterocycles. The number of hydrogen-bond acceptors (Lipinski definition) is 7. The van der Waals surface area contributed by atoms with Crippen LogP contribution in [-0.4, -0.2) is 75.8 Å². The first kappa shape index (κ1) is 27.5. The molecule has 1 rings (SSSR count). The maximum atomic E-state index is 12.7. The molecule has 0 aliphatic carbocycles. The summed E-state index contributed by atoms with van der Waals surface area (Å²) >= 11 is 0. The van der Waals surface area contributed by atoms with Crippen LogP contribution in [-0.2, 0) is 30.4 Å². The van der Waals surface area contributed by atoms with E-state index in [0.29, 0.717) is 0 Å². The van der Waals surface area contributed by atoms with Crippen LogP contribution in [0.3, 0.4) is 0 Å². The van der Waals surface area contributed by atoms with Crippen molar-refractivity contribution in [1.82, 2.24) is 16.0 Å². The summed E-state index contributed by atoms with van der Waals surface area (Å²) in [5.41, 5.74) is 6.66. The summed E-state index contributed by atoms with van der Waals surface area (Å²) < 4.78 is 0. The Morgan fingerprint density at radius 1 is 0.879 bits per heavy atom. The molecule has 182 valence electrons. The van der Waals surface area contributed by atoms with Crippen molar-refractivity contribution in [3.8, 4) is 0 Å². The van der Waals surface area contributed by atoms with Crippen LogP contribution in [0.4, 0.5) is 0 Å². The van der Waals surface area contributed by atoms with Crippen molar-refractivity contribution in [2.45, 2.75) is 50.9 Å². The number of carbonyl (C=O) groups is 5. The fraction of sp³-hybridized carbons (Fsp3) is 0.476. The second-order valence-corrected chi connectivity index (χ2v) is 7.77. The van der Waals surface area contributed by atoms with Crippen molar-refractivity contribution in [1.29, 1.82) is 0 Å². The number of nitrogens with one attached hydrogen (secondary N) is 3. The summed E-state index contributed by atoms with van der Waals surface area (Å²) in [7, 11) is 0. The Morgan fingerprint density at radius 3 is 1.94 bits per heavy atom.